The molecule has 0 spiro atoms. The predicted octanol–water partition coefficient (Wildman–Crippen LogP) is 10.5. The molecule has 1 unspecified atom stereocenters. The molecule has 5 heteroatoms. The average Bonchev–Trinajstić information content (AvgIpc) is 3.53. The number of nitrogens with zero attached hydrogens (tertiary/aromatic N) is 3. The van der Waals surface area contributed by atoms with Gasteiger partial charge in [-0.15, -0.1) is 0 Å². The lowest BCUT2D eigenvalue weighted by molar-refractivity contribution is -0.117. The molecule has 4 nitrogen and oxygen atoms in total. The number of amides is 1. The predicted molar refractivity (Wildman–Crippen MR) is 170 cm³/mol. The molecule has 0 radical (unpaired) electrons. The molecule has 0 saturated carbocycles. The number of hydrogen-bond acceptors (Lipinski definition) is 2. The number of fused-ring (bicyclic) bond motifs is 1. The minimum Gasteiger partial charge on any atom is -0.328 e. The molecule has 3 aromatic rings. The Labute approximate surface area is 247 Å². The Morgan fingerprint density at radius 2 is 1.30 bits per heavy atom. The first-order valence-corrected chi connectivity index (χ1v) is 16.6. The molecule has 1 aliphatic heterocycles. The van der Waals surface area contributed by atoms with Crippen LogP contribution in [0.1, 0.15) is 128 Å². The molecule has 2 heterocycles. The van der Waals surface area contributed by atoms with Crippen LogP contribution in [0.4, 0.5) is 5.69 Å². The van der Waals surface area contributed by atoms with Crippen molar-refractivity contribution >= 4 is 34.2 Å². The van der Waals surface area contributed by atoms with Crippen LogP contribution in [0.2, 0.25) is 5.02 Å². The zero-order chi connectivity index (χ0) is 28.0. The van der Waals surface area contributed by atoms with E-state index in [2.05, 4.69) is 29.7 Å². The highest BCUT2D eigenvalue weighted by molar-refractivity contribution is 6.33. The molecule has 1 fully saturated rings. The lowest BCUT2D eigenvalue weighted by Crippen LogP contribution is -2.24. The highest BCUT2D eigenvalue weighted by Gasteiger charge is 2.35. The number of unbranched alkanes of at least 4 members (excludes halogenated alkanes) is 15. The molecule has 1 amide bonds. The molecule has 1 atom stereocenters. The second-order valence-corrected chi connectivity index (χ2v) is 12.2. The number of carbonyl (C=O) groups is 1. The first-order chi connectivity index (χ1) is 19.7. The lowest BCUT2D eigenvalue weighted by atomic mass is 10.0. The normalized spacial score (nSPS) is 15.5. The Morgan fingerprint density at radius 1 is 0.750 bits per heavy atom. The molecule has 0 bridgehead atoms. The Bertz CT molecular complexity index is 1170. The van der Waals surface area contributed by atoms with Crippen LogP contribution in [0.3, 0.4) is 0 Å². The maximum atomic E-state index is 13.0. The smallest absolute Gasteiger partial charge is 0.227 e. The summed E-state index contributed by atoms with van der Waals surface area (Å²) in [7, 11) is 0. The highest BCUT2D eigenvalue weighted by atomic mass is 35.5. The highest BCUT2D eigenvalue weighted by Crippen LogP contribution is 2.36. The molecular weight excluding hydrogens is 514 g/mol. The van der Waals surface area contributed by atoms with Gasteiger partial charge in [-0.3, -0.25) is 4.79 Å². The van der Waals surface area contributed by atoms with Crippen molar-refractivity contribution < 1.29 is 4.79 Å². The van der Waals surface area contributed by atoms with E-state index in [4.69, 9.17) is 16.6 Å². The van der Waals surface area contributed by atoms with Gasteiger partial charge in [-0.25, -0.2) is 4.98 Å². The van der Waals surface area contributed by atoms with E-state index in [1.165, 1.54) is 102 Å². The summed E-state index contributed by atoms with van der Waals surface area (Å²) in [5.41, 5.74) is 3.01. The molecular formula is C35H50ClN3O. The van der Waals surface area contributed by atoms with Crippen molar-refractivity contribution in [3.8, 4) is 0 Å². The number of hydrogen-bond donors (Lipinski definition) is 0. The van der Waals surface area contributed by atoms with E-state index in [0.717, 1.165) is 30.0 Å². The van der Waals surface area contributed by atoms with Crippen molar-refractivity contribution in [1.29, 1.82) is 0 Å². The number of benzene rings is 2. The van der Waals surface area contributed by atoms with Gasteiger partial charge in [0, 0.05) is 25.4 Å². The first-order valence-electron chi connectivity index (χ1n) is 16.2. The number of para-hydroxylation sites is 3. The third-order valence-electron chi connectivity index (χ3n) is 8.55. The van der Waals surface area contributed by atoms with E-state index in [9.17, 15) is 4.79 Å². The summed E-state index contributed by atoms with van der Waals surface area (Å²) in [5, 5.41) is 0.623. The van der Waals surface area contributed by atoms with Crippen LogP contribution in [0, 0.1) is 0 Å². The third kappa shape index (κ3) is 8.83. The Hall–Kier alpha value is -2.33. The molecule has 2 aromatic carbocycles. The van der Waals surface area contributed by atoms with Crippen molar-refractivity contribution in [3.63, 3.8) is 0 Å². The fourth-order valence-corrected chi connectivity index (χ4v) is 6.48. The van der Waals surface area contributed by atoms with Crippen molar-refractivity contribution in [3.05, 3.63) is 59.4 Å². The molecule has 0 N–H and O–H groups in total. The third-order valence-corrected chi connectivity index (χ3v) is 8.87. The standard InChI is InChI=1S/C35H50ClN3O/c1-2-3-4-5-6-7-8-9-10-11-12-13-14-15-16-21-26-38-33-25-20-18-23-31(33)37-35(38)29-27-34(40)39(28-29)32-24-19-17-22-30(32)36/h17-20,22-25,29H,2-16,21,26-28H2,1H3. The fraction of sp³-hybridized carbons (Fsp3) is 0.600. The number of halogens is 1. The quantitative estimate of drug-likeness (QED) is 0.136. The SMILES string of the molecule is CCCCCCCCCCCCCCCCCCn1c(C2CC(=O)N(c3ccccc3Cl)C2)nc2ccccc21. The van der Waals surface area contributed by atoms with Gasteiger partial charge in [0.05, 0.1) is 21.7 Å². The maximum absolute atomic E-state index is 13.0. The van der Waals surface area contributed by atoms with Gasteiger partial charge < -0.3 is 9.47 Å². The molecule has 218 valence electrons. The molecule has 1 aromatic heterocycles. The summed E-state index contributed by atoms with van der Waals surface area (Å²) in [6.45, 7) is 3.88. The van der Waals surface area contributed by atoms with Crippen molar-refractivity contribution in [2.24, 2.45) is 0 Å². The monoisotopic (exact) mass is 563 g/mol. The second-order valence-electron chi connectivity index (χ2n) is 11.8. The van der Waals surface area contributed by atoms with E-state index in [1.807, 2.05) is 35.2 Å². The minimum absolute atomic E-state index is 0.0808. The average molecular weight is 564 g/mol. The van der Waals surface area contributed by atoms with Gasteiger partial charge >= 0.3 is 0 Å². The van der Waals surface area contributed by atoms with Crippen LogP contribution in [-0.2, 0) is 11.3 Å². The number of anilines is 1. The zero-order valence-corrected chi connectivity index (χ0v) is 25.5. The van der Waals surface area contributed by atoms with E-state index in [1.54, 1.807) is 0 Å². The summed E-state index contributed by atoms with van der Waals surface area (Å²) in [6.07, 6.45) is 22.5. The molecule has 40 heavy (non-hydrogen) atoms. The van der Waals surface area contributed by atoms with Crippen molar-refractivity contribution in [2.45, 2.75) is 129 Å². The molecule has 4 rings (SSSR count). The van der Waals surface area contributed by atoms with E-state index in [-0.39, 0.29) is 11.8 Å². The zero-order valence-electron chi connectivity index (χ0n) is 24.8. The van der Waals surface area contributed by atoms with Crippen molar-refractivity contribution in [1.82, 2.24) is 9.55 Å². The van der Waals surface area contributed by atoms with Gasteiger partial charge in [0.15, 0.2) is 0 Å². The summed E-state index contributed by atoms with van der Waals surface area (Å²) >= 11 is 6.43. The summed E-state index contributed by atoms with van der Waals surface area (Å²) in [6, 6.07) is 16.0. The number of aryl methyl sites for hydroxylation is 1. The topological polar surface area (TPSA) is 38.1 Å². The van der Waals surface area contributed by atoms with Crippen LogP contribution in [0.25, 0.3) is 11.0 Å². The number of aromatic nitrogens is 2. The van der Waals surface area contributed by atoms with Crippen LogP contribution in [0.5, 0.6) is 0 Å². The number of carbonyl (C=O) groups excluding carboxylic acids is 1. The number of rotatable bonds is 19. The van der Waals surface area contributed by atoms with Gasteiger partial charge in [0.1, 0.15) is 5.82 Å². The summed E-state index contributed by atoms with van der Waals surface area (Å²) in [4.78, 5) is 19.8. The van der Waals surface area contributed by atoms with Gasteiger partial charge in [-0.1, -0.05) is 139 Å². The van der Waals surface area contributed by atoms with Crippen LogP contribution in [-0.4, -0.2) is 22.0 Å². The van der Waals surface area contributed by atoms with E-state index in [0.29, 0.717) is 18.0 Å². The summed E-state index contributed by atoms with van der Waals surface area (Å²) in [5.74, 6) is 1.25. The van der Waals surface area contributed by atoms with Crippen molar-refractivity contribution in [2.75, 3.05) is 11.4 Å². The Balaban J connectivity index is 1.17. The lowest BCUT2D eigenvalue weighted by Gasteiger charge is -2.18. The molecule has 0 aliphatic carbocycles. The van der Waals surface area contributed by atoms with Gasteiger partial charge in [-0.05, 0) is 30.7 Å². The van der Waals surface area contributed by atoms with Crippen LogP contribution >= 0.6 is 11.6 Å². The Morgan fingerprint density at radius 3 is 1.93 bits per heavy atom. The van der Waals surface area contributed by atoms with E-state index < -0.39 is 0 Å². The second kappa shape index (κ2) is 16.8. The number of imidazole rings is 1. The summed E-state index contributed by atoms with van der Waals surface area (Å²) < 4.78 is 2.38. The molecule has 1 saturated heterocycles. The van der Waals surface area contributed by atoms with E-state index >= 15 is 0 Å². The first kappa shape index (κ1) is 30.6. The van der Waals surface area contributed by atoms with Gasteiger partial charge in [0.2, 0.25) is 5.91 Å². The Kier molecular flexibility index (Phi) is 12.9. The minimum atomic E-state index is 0.0808. The fourth-order valence-electron chi connectivity index (χ4n) is 6.24. The van der Waals surface area contributed by atoms with Crippen LogP contribution in [0.15, 0.2) is 48.5 Å². The maximum Gasteiger partial charge on any atom is 0.227 e. The molecule has 1 aliphatic rings. The largest absolute Gasteiger partial charge is 0.328 e. The van der Waals surface area contributed by atoms with Crippen LogP contribution < -0.4 is 4.90 Å². The van der Waals surface area contributed by atoms with Gasteiger partial charge in [-0.2, -0.15) is 0 Å². The van der Waals surface area contributed by atoms with Gasteiger partial charge in [0.25, 0.3) is 0 Å².